The summed E-state index contributed by atoms with van der Waals surface area (Å²) in [6, 6.07) is 0. The summed E-state index contributed by atoms with van der Waals surface area (Å²) in [6.07, 6.45) is 0. The summed E-state index contributed by atoms with van der Waals surface area (Å²) in [5.74, 6) is 0.808. The lowest BCUT2D eigenvalue weighted by Gasteiger charge is -2.37. The third kappa shape index (κ3) is 1.98. The second-order valence-electron chi connectivity index (χ2n) is 3.60. The molecule has 0 aromatic heterocycles. The van der Waals surface area contributed by atoms with Gasteiger partial charge < -0.3 is 4.74 Å². The van der Waals surface area contributed by atoms with Crippen molar-refractivity contribution in [1.29, 1.82) is 0 Å². The first-order valence-electron chi connectivity index (χ1n) is 3.18. The minimum atomic E-state index is 0. The second kappa shape index (κ2) is 2.70. The van der Waals surface area contributed by atoms with Gasteiger partial charge in [0.2, 0.25) is 0 Å². The fourth-order valence-electron chi connectivity index (χ4n) is 0.736. The normalized spacial score (nSPS) is 20.3. The van der Waals surface area contributed by atoms with Crippen molar-refractivity contribution < 1.29 is 6.16 Å². The van der Waals surface area contributed by atoms with E-state index in [-0.39, 0.29) is 8.85 Å². The van der Waals surface area contributed by atoms with E-state index >= 15 is 0 Å². The Balaban J connectivity index is 0. The minimum Gasteiger partial charge on any atom is -0.381 e. The van der Waals surface area contributed by atoms with Crippen LogP contribution in [0.2, 0.25) is 0 Å². The van der Waals surface area contributed by atoms with Crippen molar-refractivity contribution in [3.63, 3.8) is 0 Å². The van der Waals surface area contributed by atoms with E-state index in [0.717, 1.165) is 19.1 Å². The molecule has 0 aromatic carbocycles. The fraction of sp³-hybridized carbons (Fsp3) is 1.00. The molecule has 1 fully saturated rings. The smallest absolute Gasteiger partial charge is 0.0521 e. The molecule has 58 valence electrons. The van der Waals surface area contributed by atoms with Gasteiger partial charge in [-0.1, -0.05) is 28.2 Å². The van der Waals surface area contributed by atoms with Crippen molar-refractivity contribution in [1.82, 2.24) is 0 Å². The lowest BCUT2D eigenvalue weighted by Crippen LogP contribution is -2.37. The van der Waals surface area contributed by atoms with Gasteiger partial charge in [-0.05, 0) is 5.41 Å². The van der Waals surface area contributed by atoms with E-state index in [1.54, 1.807) is 0 Å². The van der Waals surface area contributed by atoms with Crippen molar-refractivity contribution >= 4 is 0 Å². The highest BCUT2D eigenvalue weighted by Gasteiger charge is 2.30. The van der Waals surface area contributed by atoms with Crippen LogP contribution in [0.3, 0.4) is 0 Å². The van der Waals surface area contributed by atoms with Crippen LogP contribution in [0.15, 0.2) is 0 Å². The molecule has 1 heterocycles. The molecular formula is C8H20O. The Bertz CT molecular complexity index is 81.7. The molecule has 0 aliphatic carbocycles. The molecular weight excluding hydrogens is 112 g/mol. The van der Waals surface area contributed by atoms with Crippen molar-refractivity contribution in [3.05, 3.63) is 0 Å². The zero-order chi connectivity index (χ0) is 6.20. The van der Waals surface area contributed by atoms with Gasteiger partial charge in [0.15, 0.2) is 0 Å². The van der Waals surface area contributed by atoms with Crippen LogP contribution in [0.1, 0.15) is 29.6 Å². The lowest BCUT2D eigenvalue weighted by molar-refractivity contribution is -0.0821. The average molecular weight is 132 g/mol. The summed E-state index contributed by atoms with van der Waals surface area (Å²) in [4.78, 5) is 0. The van der Waals surface area contributed by atoms with Gasteiger partial charge in [-0.25, -0.2) is 0 Å². The maximum absolute atomic E-state index is 5.06. The minimum absolute atomic E-state index is 0. The van der Waals surface area contributed by atoms with Crippen LogP contribution in [-0.4, -0.2) is 13.2 Å². The molecule has 9 heavy (non-hydrogen) atoms. The van der Waals surface area contributed by atoms with Gasteiger partial charge in [0.25, 0.3) is 0 Å². The van der Waals surface area contributed by atoms with E-state index in [9.17, 15) is 0 Å². The third-order valence-electron chi connectivity index (χ3n) is 1.86. The van der Waals surface area contributed by atoms with Crippen molar-refractivity contribution in [3.8, 4) is 0 Å². The van der Waals surface area contributed by atoms with Crippen molar-refractivity contribution in [2.75, 3.05) is 13.2 Å². The quantitative estimate of drug-likeness (QED) is 0.492. The van der Waals surface area contributed by atoms with E-state index in [1.165, 1.54) is 0 Å². The average Bonchev–Trinajstić information content (AvgIpc) is 1.16. The first kappa shape index (κ1) is 8.96. The van der Waals surface area contributed by atoms with Gasteiger partial charge in [0.05, 0.1) is 13.2 Å². The van der Waals surface area contributed by atoms with E-state index < -0.39 is 0 Å². The van der Waals surface area contributed by atoms with E-state index in [4.69, 9.17) is 4.74 Å². The number of ether oxygens (including phenoxy) is 1. The standard InChI is InChI=1S/C7H14O.CH4.H2/c1-7(2,3)6-4-8-5-6;;/h6H,4-5H2,1-3H3;1H4;1H. The largest absolute Gasteiger partial charge is 0.381 e. The summed E-state index contributed by atoms with van der Waals surface area (Å²) in [5.41, 5.74) is 0.470. The first-order chi connectivity index (χ1) is 3.61. The van der Waals surface area contributed by atoms with Crippen LogP contribution in [0.4, 0.5) is 0 Å². The molecule has 0 bridgehead atoms. The van der Waals surface area contributed by atoms with E-state index in [0.29, 0.717) is 5.41 Å². The molecule has 1 heteroatoms. The van der Waals surface area contributed by atoms with Gasteiger partial charge in [0, 0.05) is 7.34 Å². The van der Waals surface area contributed by atoms with Gasteiger partial charge in [-0.3, -0.25) is 0 Å². The summed E-state index contributed by atoms with van der Waals surface area (Å²) >= 11 is 0. The Morgan fingerprint density at radius 2 is 1.78 bits per heavy atom. The number of hydrogen-bond donors (Lipinski definition) is 0. The maximum atomic E-state index is 5.06. The van der Waals surface area contributed by atoms with Crippen LogP contribution in [-0.2, 0) is 4.74 Å². The molecule has 0 N–H and O–H groups in total. The first-order valence-corrected chi connectivity index (χ1v) is 3.18. The van der Waals surface area contributed by atoms with Crippen LogP contribution in [0.25, 0.3) is 0 Å². The highest BCUT2D eigenvalue weighted by atomic mass is 16.5. The lowest BCUT2D eigenvalue weighted by atomic mass is 9.80. The topological polar surface area (TPSA) is 9.23 Å². The Kier molecular flexibility index (Phi) is 2.68. The monoisotopic (exact) mass is 132 g/mol. The molecule has 0 aromatic rings. The van der Waals surface area contributed by atoms with E-state index in [1.807, 2.05) is 0 Å². The molecule has 0 amide bonds. The SMILES string of the molecule is C.CC(C)(C)C1COC1.[HH]. The maximum Gasteiger partial charge on any atom is 0.0521 e. The third-order valence-corrected chi connectivity index (χ3v) is 1.86. The summed E-state index contributed by atoms with van der Waals surface area (Å²) < 4.78 is 5.06. The predicted octanol–water partition coefficient (Wildman–Crippen LogP) is 2.56. The Morgan fingerprint density at radius 1 is 1.33 bits per heavy atom. The van der Waals surface area contributed by atoms with Gasteiger partial charge in [-0.15, -0.1) is 0 Å². The molecule has 0 radical (unpaired) electrons. The highest BCUT2D eigenvalue weighted by Crippen LogP contribution is 2.31. The van der Waals surface area contributed by atoms with Crippen molar-refractivity contribution in [2.45, 2.75) is 28.2 Å². The van der Waals surface area contributed by atoms with E-state index in [2.05, 4.69) is 20.8 Å². The van der Waals surface area contributed by atoms with Gasteiger partial charge >= 0.3 is 0 Å². The summed E-state index contributed by atoms with van der Waals surface area (Å²) in [6.45, 7) is 8.74. The zero-order valence-corrected chi connectivity index (χ0v) is 5.90. The molecule has 1 nitrogen and oxygen atoms in total. The van der Waals surface area contributed by atoms with Crippen LogP contribution in [0.5, 0.6) is 0 Å². The summed E-state index contributed by atoms with van der Waals surface area (Å²) in [5, 5.41) is 0. The number of rotatable bonds is 0. The molecule has 1 aliphatic heterocycles. The molecule has 1 rings (SSSR count). The van der Waals surface area contributed by atoms with Crippen LogP contribution >= 0.6 is 0 Å². The fourth-order valence-corrected chi connectivity index (χ4v) is 0.736. The molecule has 0 atom stereocenters. The predicted molar refractivity (Wildman–Crippen MR) is 42.6 cm³/mol. The van der Waals surface area contributed by atoms with Gasteiger partial charge in [0.1, 0.15) is 0 Å². The molecule has 1 aliphatic rings. The van der Waals surface area contributed by atoms with Gasteiger partial charge in [-0.2, -0.15) is 0 Å². The number of hydrogen-bond acceptors (Lipinski definition) is 1. The Labute approximate surface area is 59.9 Å². The second-order valence-corrected chi connectivity index (χ2v) is 3.60. The zero-order valence-electron chi connectivity index (χ0n) is 5.90. The Hall–Kier alpha value is -0.0400. The molecule has 0 spiro atoms. The van der Waals surface area contributed by atoms with Crippen LogP contribution in [0, 0.1) is 11.3 Å². The molecule has 1 saturated heterocycles. The molecule has 0 saturated carbocycles. The van der Waals surface area contributed by atoms with Crippen LogP contribution < -0.4 is 0 Å². The van der Waals surface area contributed by atoms with Crippen molar-refractivity contribution in [2.24, 2.45) is 11.3 Å². The molecule has 0 unspecified atom stereocenters. The Morgan fingerprint density at radius 3 is 1.78 bits per heavy atom. The summed E-state index contributed by atoms with van der Waals surface area (Å²) in [7, 11) is 0. The highest BCUT2D eigenvalue weighted by molar-refractivity contribution is 4.78.